The van der Waals surface area contributed by atoms with Gasteiger partial charge < -0.3 is 20.3 Å². The highest BCUT2D eigenvalue weighted by Gasteiger charge is 2.37. The second-order valence-electron chi connectivity index (χ2n) is 3.54. The molecule has 0 aliphatic rings. The quantitative estimate of drug-likeness (QED) is 0.824. The van der Waals surface area contributed by atoms with E-state index in [-0.39, 0.29) is 5.56 Å². The largest absolute Gasteiger partial charge is 0.497 e. The first-order valence-electron chi connectivity index (χ1n) is 4.92. The summed E-state index contributed by atoms with van der Waals surface area (Å²) in [5.41, 5.74) is 5.55. The number of rotatable bonds is 5. The van der Waals surface area contributed by atoms with Crippen LogP contribution in [-0.2, 0) is 0 Å². The van der Waals surface area contributed by atoms with E-state index in [0.717, 1.165) is 0 Å². The molecule has 17 heavy (non-hydrogen) atoms. The molecule has 0 fully saturated rings. The third kappa shape index (κ3) is 3.04. The molecule has 0 amide bonds. The fourth-order valence-electron chi connectivity index (χ4n) is 1.35. The molecule has 0 saturated heterocycles. The average Bonchev–Trinajstić information content (AvgIpc) is 2.36. The Morgan fingerprint density at radius 2 is 1.71 bits per heavy atom. The Kier molecular flexibility index (Phi) is 4.25. The van der Waals surface area contributed by atoms with Crippen molar-refractivity contribution in [2.45, 2.75) is 12.0 Å². The number of alkyl halides is 2. The monoisotopic (exact) mass is 247 g/mol. The van der Waals surface area contributed by atoms with Crippen LogP contribution in [0, 0.1) is 0 Å². The van der Waals surface area contributed by atoms with Crippen LogP contribution in [0.1, 0.15) is 11.6 Å². The Morgan fingerprint density at radius 3 is 2.06 bits per heavy atom. The molecule has 3 N–H and O–H groups in total. The molecule has 1 aromatic carbocycles. The van der Waals surface area contributed by atoms with Crippen LogP contribution >= 0.6 is 0 Å². The zero-order chi connectivity index (χ0) is 13.1. The van der Waals surface area contributed by atoms with Crippen molar-refractivity contribution in [3.8, 4) is 11.5 Å². The molecular weight excluding hydrogens is 232 g/mol. The Bertz CT molecular complexity index is 363. The van der Waals surface area contributed by atoms with Gasteiger partial charge in [0.1, 0.15) is 18.1 Å². The maximum absolute atomic E-state index is 13.2. The number of hydrogen-bond donors (Lipinski definition) is 2. The number of halogens is 2. The average molecular weight is 247 g/mol. The lowest BCUT2D eigenvalue weighted by Gasteiger charge is -2.22. The molecule has 1 aromatic rings. The van der Waals surface area contributed by atoms with Gasteiger partial charge in [0.2, 0.25) is 0 Å². The molecule has 0 bridgehead atoms. The van der Waals surface area contributed by atoms with Crippen LogP contribution in [-0.4, -0.2) is 31.9 Å². The highest BCUT2D eigenvalue weighted by molar-refractivity contribution is 5.40. The van der Waals surface area contributed by atoms with Crippen LogP contribution < -0.4 is 15.2 Å². The Morgan fingerprint density at radius 1 is 1.24 bits per heavy atom. The van der Waals surface area contributed by atoms with E-state index in [1.165, 1.54) is 26.4 Å². The van der Waals surface area contributed by atoms with E-state index >= 15 is 0 Å². The molecule has 6 heteroatoms. The molecule has 0 aromatic heterocycles. The second-order valence-corrected chi connectivity index (χ2v) is 3.54. The first-order chi connectivity index (χ1) is 7.94. The molecule has 0 heterocycles. The number of hydrogen-bond acceptors (Lipinski definition) is 4. The molecule has 1 atom stereocenters. The van der Waals surface area contributed by atoms with Gasteiger partial charge in [0, 0.05) is 6.07 Å². The van der Waals surface area contributed by atoms with Crippen molar-refractivity contribution < 1.29 is 23.4 Å². The number of aliphatic hydroxyl groups is 1. The zero-order valence-corrected chi connectivity index (χ0v) is 9.61. The van der Waals surface area contributed by atoms with Gasteiger partial charge in [-0.05, 0) is 17.7 Å². The molecule has 96 valence electrons. The fourth-order valence-corrected chi connectivity index (χ4v) is 1.35. The van der Waals surface area contributed by atoms with Crippen molar-refractivity contribution in [2.75, 3.05) is 20.8 Å². The summed E-state index contributed by atoms with van der Waals surface area (Å²) in [5, 5.41) is 8.59. The summed E-state index contributed by atoms with van der Waals surface area (Å²) in [5.74, 6) is -2.66. The van der Waals surface area contributed by atoms with Crippen molar-refractivity contribution in [1.29, 1.82) is 0 Å². The lowest BCUT2D eigenvalue weighted by molar-refractivity contribution is -0.0712. The van der Waals surface area contributed by atoms with Gasteiger partial charge >= 0.3 is 0 Å². The molecular formula is C11H15F2NO3. The minimum atomic E-state index is -3.39. The standard InChI is InChI=1S/C11H15F2NO3/c1-16-8-3-7(4-9(5-8)17-2)10(14)11(12,13)6-15/h3-5,10,15H,6,14H2,1-2H3/t10-/m1/s1. The van der Waals surface area contributed by atoms with Crippen LogP contribution in [0.4, 0.5) is 8.78 Å². The Labute approximate surface area is 97.9 Å². The van der Waals surface area contributed by atoms with Gasteiger partial charge in [0.05, 0.1) is 20.3 Å². The van der Waals surface area contributed by atoms with Crippen molar-refractivity contribution >= 4 is 0 Å². The summed E-state index contributed by atoms with van der Waals surface area (Å²) in [6.07, 6.45) is 0. The summed E-state index contributed by atoms with van der Waals surface area (Å²) in [6, 6.07) is 2.71. The minimum Gasteiger partial charge on any atom is -0.497 e. The van der Waals surface area contributed by atoms with E-state index in [1.54, 1.807) is 6.07 Å². The molecule has 0 aliphatic carbocycles. The molecule has 0 spiro atoms. The van der Waals surface area contributed by atoms with E-state index in [1.807, 2.05) is 0 Å². The van der Waals surface area contributed by atoms with E-state index in [0.29, 0.717) is 11.5 Å². The van der Waals surface area contributed by atoms with E-state index in [4.69, 9.17) is 20.3 Å². The van der Waals surface area contributed by atoms with Crippen LogP contribution in [0.2, 0.25) is 0 Å². The van der Waals surface area contributed by atoms with Gasteiger partial charge in [-0.25, -0.2) is 8.78 Å². The third-order valence-corrected chi connectivity index (χ3v) is 2.40. The molecule has 0 unspecified atom stereocenters. The lowest BCUT2D eigenvalue weighted by atomic mass is 10.0. The highest BCUT2D eigenvalue weighted by atomic mass is 19.3. The van der Waals surface area contributed by atoms with Crippen molar-refractivity contribution in [3.63, 3.8) is 0 Å². The fraction of sp³-hybridized carbons (Fsp3) is 0.455. The lowest BCUT2D eigenvalue weighted by Crippen LogP contribution is -2.36. The van der Waals surface area contributed by atoms with Gasteiger partial charge in [-0.2, -0.15) is 0 Å². The van der Waals surface area contributed by atoms with E-state index in [2.05, 4.69) is 0 Å². The topological polar surface area (TPSA) is 64.7 Å². The third-order valence-electron chi connectivity index (χ3n) is 2.40. The number of benzene rings is 1. The van der Waals surface area contributed by atoms with Crippen molar-refractivity contribution in [1.82, 2.24) is 0 Å². The van der Waals surface area contributed by atoms with Crippen LogP contribution in [0.25, 0.3) is 0 Å². The highest BCUT2D eigenvalue weighted by Crippen LogP contribution is 2.33. The SMILES string of the molecule is COc1cc(OC)cc([C@@H](N)C(F)(F)CO)c1. The maximum Gasteiger partial charge on any atom is 0.289 e. The predicted octanol–water partition coefficient (Wildman–Crippen LogP) is 1.33. The number of methoxy groups -OCH3 is 2. The molecule has 4 nitrogen and oxygen atoms in total. The van der Waals surface area contributed by atoms with Gasteiger partial charge in [0.25, 0.3) is 5.92 Å². The normalized spacial score (nSPS) is 13.3. The maximum atomic E-state index is 13.2. The number of nitrogens with two attached hydrogens (primary N) is 1. The van der Waals surface area contributed by atoms with Crippen LogP contribution in [0.15, 0.2) is 18.2 Å². The zero-order valence-electron chi connectivity index (χ0n) is 9.61. The summed E-state index contributed by atoms with van der Waals surface area (Å²) in [7, 11) is 2.82. The van der Waals surface area contributed by atoms with Crippen LogP contribution in [0.5, 0.6) is 11.5 Å². The van der Waals surface area contributed by atoms with Crippen molar-refractivity contribution in [2.24, 2.45) is 5.73 Å². The van der Waals surface area contributed by atoms with Crippen LogP contribution in [0.3, 0.4) is 0 Å². The molecule has 0 radical (unpaired) electrons. The summed E-state index contributed by atoms with van der Waals surface area (Å²) < 4.78 is 36.4. The van der Waals surface area contributed by atoms with Gasteiger partial charge in [-0.15, -0.1) is 0 Å². The minimum absolute atomic E-state index is 0.139. The molecule has 0 saturated carbocycles. The van der Waals surface area contributed by atoms with E-state index in [9.17, 15) is 8.78 Å². The Hall–Kier alpha value is -1.40. The molecule has 0 aliphatic heterocycles. The summed E-state index contributed by atoms with van der Waals surface area (Å²) >= 11 is 0. The second kappa shape index (κ2) is 5.29. The number of aliphatic hydroxyl groups excluding tert-OH is 1. The smallest absolute Gasteiger partial charge is 0.289 e. The summed E-state index contributed by atoms with van der Waals surface area (Å²) in [4.78, 5) is 0. The first-order valence-corrected chi connectivity index (χ1v) is 4.92. The van der Waals surface area contributed by atoms with Crippen molar-refractivity contribution in [3.05, 3.63) is 23.8 Å². The van der Waals surface area contributed by atoms with E-state index < -0.39 is 18.6 Å². The van der Waals surface area contributed by atoms with Gasteiger partial charge in [-0.1, -0.05) is 0 Å². The predicted molar refractivity (Wildman–Crippen MR) is 58.5 cm³/mol. The van der Waals surface area contributed by atoms with Gasteiger partial charge in [0.15, 0.2) is 0 Å². The first kappa shape index (κ1) is 13.7. The van der Waals surface area contributed by atoms with Gasteiger partial charge in [-0.3, -0.25) is 0 Å². The molecule has 1 rings (SSSR count). The Balaban J connectivity index is 3.12. The summed E-state index contributed by atoms with van der Waals surface area (Å²) in [6.45, 7) is -1.31. The number of ether oxygens (including phenoxy) is 2.